The Morgan fingerprint density at radius 3 is 2.29 bits per heavy atom. The van der Waals surface area contributed by atoms with Crippen molar-refractivity contribution in [3.63, 3.8) is 0 Å². The van der Waals surface area contributed by atoms with Gasteiger partial charge in [0, 0.05) is 57.6 Å². The molecular formula is C22H28N4O2. The fraction of sp³-hybridized carbons (Fsp3) is 0.409. The second-order valence-corrected chi connectivity index (χ2v) is 7.40. The van der Waals surface area contributed by atoms with Gasteiger partial charge in [-0.15, -0.1) is 0 Å². The van der Waals surface area contributed by atoms with E-state index in [1.807, 2.05) is 30.3 Å². The zero-order valence-electron chi connectivity index (χ0n) is 16.8. The van der Waals surface area contributed by atoms with E-state index in [0.29, 0.717) is 31.9 Å². The van der Waals surface area contributed by atoms with E-state index in [4.69, 9.17) is 0 Å². The van der Waals surface area contributed by atoms with Gasteiger partial charge in [-0.3, -0.25) is 14.6 Å². The zero-order valence-corrected chi connectivity index (χ0v) is 16.8. The number of piperazine rings is 1. The third-order valence-electron chi connectivity index (χ3n) is 5.13. The zero-order chi connectivity index (χ0) is 20.1. The molecule has 1 fully saturated rings. The monoisotopic (exact) mass is 380 g/mol. The van der Waals surface area contributed by atoms with Crippen molar-refractivity contribution < 1.29 is 9.59 Å². The number of benzene rings is 1. The lowest BCUT2D eigenvalue weighted by Gasteiger charge is -2.34. The highest BCUT2D eigenvalue weighted by Gasteiger charge is 2.24. The van der Waals surface area contributed by atoms with Crippen LogP contribution in [0, 0.1) is 0 Å². The Morgan fingerprint density at radius 1 is 1.04 bits per heavy atom. The summed E-state index contributed by atoms with van der Waals surface area (Å²) in [5.74, 6) is -0.0193. The first kappa shape index (κ1) is 19.9. The number of pyridine rings is 1. The van der Waals surface area contributed by atoms with Crippen LogP contribution in [0.15, 0.2) is 48.7 Å². The Morgan fingerprint density at radius 2 is 1.68 bits per heavy atom. The van der Waals surface area contributed by atoms with E-state index in [-0.39, 0.29) is 17.9 Å². The lowest BCUT2D eigenvalue weighted by Crippen LogP contribution is -2.50. The third-order valence-corrected chi connectivity index (χ3v) is 5.13. The summed E-state index contributed by atoms with van der Waals surface area (Å²) in [6.07, 6.45) is 1.70. The van der Waals surface area contributed by atoms with Gasteiger partial charge < -0.3 is 14.7 Å². The number of rotatable bonds is 5. The molecule has 1 saturated heterocycles. The minimum atomic E-state index is -0.0755. The highest BCUT2D eigenvalue weighted by Crippen LogP contribution is 2.21. The van der Waals surface area contributed by atoms with Gasteiger partial charge in [0.25, 0.3) is 5.91 Å². The van der Waals surface area contributed by atoms with E-state index in [1.165, 1.54) is 5.56 Å². The molecule has 1 aliphatic rings. The fourth-order valence-corrected chi connectivity index (χ4v) is 3.45. The molecule has 6 heteroatoms. The fourth-order valence-electron chi connectivity index (χ4n) is 3.45. The molecule has 0 radical (unpaired) electrons. The van der Waals surface area contributed by atoms with Gasteiger partial charge in [-0.2, -0.15) is 0 Å². The van der Waals surface area contributed by atoms with Crippen LogP contribution in [0.4, 0.5) is 5.69 Å². The minimum absolute atomic E-state index is 0.0562. The van der Waals surface area contributed by atoms with Crippen LogP contribution in [0.25, 0.3) is 0 Å². The summed E-state index contributed by atoms with van der Waals surface area (Å²) in [6.45, 7) is 8.87. The average Bonchev–Trinajstić information content (AvgIpc) is 2.72. The first-order chi connectivity index (χ1) is 13.5. The smallest absolute Gasteiger partial charge is 0.272 e. The van der Waals surface area contributed by atoms with Crippen molar-refractivity contribution in [1.82, 2.24) is 14.8 Å². The molecular weight excluding hydrogens is 352 g/mol. The number of amides is 2. The molecule has 0 atom stereocenters. The Hall–Kier alpha value is -2.89. The van der Waals surface area contributed by atoms with Crippen molar-refractivity contribution >= 4 is 17.5 Å². The van der Waals surface area contributed by atoms with Gasteiger partial charge >= 0.3 is 0 Å². The van der Waals surface area contributed by atoms with Crippen LogP contribution in [0.3, 0.4) is 0 Å². The van der Waals surface area contributed by atoms with Crippen molar-refractivity contribution in [3.8, 4) is 0 Å². The van der Waals surface area contributed by atoms with Gasteiger partial charge in [0.1, 0.15) is 5.69 Å². The van der Waals surface area contributed by atoms with Crippen molar-refractivity contribution in [2.75, 3.05) is 31.1 Å². The van der Waals surface area contributed by atoms with E-state index in [9.17, 15) is 9.59 Å². The molecule has 2 aromatic rings. The maximum Gasteiger partial charge on any atom is 0.272 e. The standard InChI is InChI=1S/C22H28N4O2/c1-17(2)26(16-19-7-5-4-6-8-19)20-9-10-23-21(15-20)22(28)25-13-11-24(12-14-25)18(3)27/h4-10,15,17H,11-14,16H2,1-3H3. The molecule has 0 spiro atoms. The molecule has 0 aliphatic carbocycles. The van der Waals surface area contributed by atoms with Crippen LogP contribution in [0.1, 0.15) is 36.8 Å². The molecule has 1 aliphatic heterocycles. The Balaban J connectivity index is 1.75. The van der Waals surface area contributed by atoms with E-state index in [0.717, 1.165) is 12.2 Å². The van der Waals surface area contributed by atoms with Crippen molar-refractivity contribution in [2.45, 2.75) is 33.4 Å². The quantitative estimate of drug-likeness (QED) is 0.800. The van der Waals surface area contributed by atoms with Crippen LogP contribution in [-0.2, 0) is 11.3 Å². The molecule has 0 saturated carbocycles. The lowest BCUT2D eigenvalue weighted by molar-refractivity contribution is -0.130. The van der Waals surface area contributed by atoms with E-state index < -0.39 is 0 Å². The second-order valence-electron chi connectivity index (χ2n) is 7.40. The molecule has 0 bridgehead atoms. The largest absolute Gasteiger partial charge is 0.365 e. The molecule has 28 heavy (non-hydrogen) atoms. The number of hydrogen-bond donors (Lipinski definition) is 0. The number of hydrogen-bond acceptors (Lipinski definition) is 4. The molecule has 2 amide bonds. The molecule has 0 N–H and O–H groups in total. The molecule has 3 rings (SSSR count). The minimum Gasteiger partial charge on any atom is -0.365 e. The summed E-state index contributed by atoms with van der Waals surface area (Å²) >= 11 is 0. The number of carbonyl (C=O) groups is 2. The third kappa shape index (κ3) is 4.68. The summed E-state index contributed by atoms with van der Waals surface area (Å²) in [6, 6.07) is 14.4. The molecule has 2 heterocycles. The molecule has 148 valence electrons. The lowest BCUT2D eigenvalue weighted by atomic mass is 10.1. The van der Waals surface area contributed by atoms with E-state index >= 15 is 0 Å². The van der Waals surface area contributed by atoms with Gasteiger partial charge in [0.15, 0.2) is 0 Å². The van der Waals surface area contributed by atoms with Crippen LogP contribution < -0.4 is 4.90 Å². The topological polar surface area (TPSA) is 56.8 Å². The number of carbonyl (C=O) groups excluding carboxylic acids is 2. The first-order valence-electron chi connectivity index (χ1n) is 9.77. The van der Waals surface area contributed by atoms with Gasteiger partial charge in [-0.1, -0.05) is 30.3 Å². The Kier molecular flexibility index (Phi) is 6.29. The van der Waals surface area contributed by atoms with Crippen LogP contribution in [0.2, 0.25) is 0 Å². The molecule has 1 aromatic heterocycles. The molecule has 1 aromatic carbocycles. The summed E-state index contributed by atoms with van der Waals surface area (Å²) in [7, 11) is 0. The van der Waals surface area contributed by atoms with Crippen molar-refractivity contribution in [1.29, 1.82) is 0 Å². The highest BCUT2D eigenvalue weighted by molar-refractivity contribution is 5.93. The predicted molar refractivity (Wildman–Crippen MR) is 110 cm³/mol. The van der Waals surface area contributed by atoms with E-state index in [1.54, 1.807) is 22.9 Å². The summed E-state index contributed by atoms with van der Waals surface area (Å²) in [4.78, 5) is 34.5. The first-order valence-corrected chi connectivity index (χ1v) is 9.77. The van der Waals surface area contributed by atoms with Gasteiger partial charge in [0.05, 0.1) is 0 Å². The van der Waals surface area contributed by atoms with E-state index in [2.05, 4.69) is 35.9 Å². The summed E-state index contributed by atoms with van der Waals surface area (Å²) in [5.41, 5.74) is 2.66. The SMILES string of the molecule is CC(=O)N1CCN(C(=O)c2cc(N(Cc3ccccc3)C(C)C)ccn2)CC1. The van der Waals surface area contributed by atoms with Gasteiger partial charge in [-0.05, 0) is 31.5 Å². The molecule has 6 nitrogen and oxygen atoms in total. The second kappa shape index (κ2) is 8.87. The maximum absolute atomic E-state index is 12.9. The number of aromatic nitrogens is 1. The van der Waals surface area contributed by atoms with Gasteiger partial charge in [-0.25, -0.2) is 0 Å². The summed E-state index contributed by atoms with van der Waals surface area (Å²) < 4.78 is 0. The van der Waals surface area contributed by atoms with Crippen LogP contribution in [-0.4, -0.2) is 58.8 Å². The summed E-state index contributed by atoms with van der Waals surface area (Å²) in [5, 5.41) is 0. The van der Waals surface area contributed by atoms with Crippen LogP contribution >= 0.6 is 0 Å². The Bertz CT molecular complexity index is 814. The Labute approximate surface area is 166 Å². The van der Waals surface area contributed by atoms with Crippen LogP contribution in [0.5, 0.6) is 0 Å². The number of nitrogens with zero attached hydrogens (tertiary/aromatic N) is 4. The maximum atomic E-state index is 12.9. The van der Waals surface area contributed by atoms with Crippen molar-refractivity contribution in [3.05, 3.63) is 59.9 Å². The normalized spacial score (nSPS) is 14.3. The molecule has 0 unspecified atom stereocenters. The average molecular weight is 380 g/mol. The predicted octanol–water partition coefficient (Wildman–Crippen LogP) is 2.80. The number of anilines is 1. The highest BCUT2D eigenvalue weighted by atomic mass is 16.2. The van der Waals surface area contributed by atoms with Crippen molar-refractivity contribution in [2.24, 2.45) is 0 Å². The van der Waals surface area contributed by atoms with Gasteiger partial charge in [0.2, 0.25) is 5.91 Å².